The van der Waals surface area contributed by atoms with Crippen LogP contribution in [0.1, 0.15) is 25.7 Å². The molecule has 3 rings (SSSR count). The van der Waals surface area contributed by atoms with Crippen molar-refractivity contribution in [1.82, 2.24) is 5.43 Å². The molecule has 0 heterocycles. The van der Waals surface area contributed by atoms with Crippen LogP contribution in [0.15, 0.2) is 35.5 Å². The van der Waals surface area contributed by atoms with Crippen LogP contribution in [0.5, 0.6) is 5.75 Å². The normalized spacial score (nSPS) is 23.5. The molecular weight excluding hydrogens is 335 g/mol. The van der Waals surface area contributed by atoms with Gasteiger partial charge in [-0.2, -0.15) is 5.10 Å². The standard InChI is InChI=1S/C17H18Cl2N2O2/c18-12-6-7-16(14(19)10-12)23-8-2-5-17(22)21-20-15-9-11-3-1-4-13(11)15/h1,3,6-7,10-11,13H,2,4-5,8-9H2,(H,21,22). The third-order valence-electron chi connectivity index (χ3n) is 4.19. The molecular formula is C17H18Cl2N2O2. The zero-order valence-electron chi connectivity index (χ0n) is 12.6. The zero-order chi connectivity index (χ0) is 16.2. The Balaban J connectivity index is 1.34. The van der Waals surface area contributed by atoms with Crippen LogP contribution in [0.2, 0.25) is 10.0 Å². The van der Waals surface area contributed by atoms with Crippen molar-refractivity contribution in [3.63, 3.8) is 0 Å². The van der Waals surface area contributed by atoms with Crippen LogP contribution in [0.25, 0.3) is 0 Å². The second-order valence-electron chi connectivity index (χ2n) is 5.80. The van der Waals surface area contributed by atoms with E-state index >= 15 is 0 Å². The molecule has 6 heteroatoms. The van der Waals surface area contributed by atoms with Gasteiger partial charge < -0.3 is 4.74 Å². The van der Waals surface area contributed by atoms with Gasteiger partial charge in [0.2, 0.25) is 5.91 Å². The largest absolute Gasteiger partial charge is 0.492 e. The van der Waals surface area contributed by atoms with Crippen LogP contribution >= 0.6 is 23.2 Å². The number of hydrogen-bond acceptors (Lipinski definition) is 3. The molecule has 1 fully saturated rings. The van der Waals surface area contributed by atoms with Gasteiger partial charge in [-0.1, -0.05) is 35.4 Å². The van der Waals surface area contributed by atoms with Crippen LogP contribution in [0.4, 0.5) is 0 Å². The number of carbonyl (C=O) groups excluding carboxylic acids is 1. The Morgan fingerprint density at radius 3 is 3.04 bits per heavy atom. The first-order chi connectivity index (χ1) is 11.1. The first kappa shape index (κ1) is 16.3. The van der Waals surface area contributed by atoms with E-state index in [1.807, 2.05) is 0 Å². The highest BCUT2D eigenvalue weighted by molar-refractivity contribution is 6.35. The predicted octanol–water partition coefficient (Wildman–Crippen LogP) is 4.22. The average Bonchev–Trinajstić information content (AvgIpc) is 2.87. The SMILES string of the molecule is O=C(CCCOc1ccc(Cl)cc1Cl)NN=C1CC2C=CCC12. The monoisotopic (exact) mass is 352 g/mol. The van der Waals surface area contributed by atoms with Crippen LogP contribution in [-0.2, 0) is 4.79 Å². The molecule has 0 bridgehead atoms. The van der Waals surface area contributed by atoms with Gasteiger partial charge in [0, 0.05) is 23.1 Å². The Kier molecular flexibility index (Phi) is 5.23. The number of hydrazone groups is 1. The van der Waals surface area contributed by atoms with E-state index in [-0.39, 0.29) is 5.91 Å². The van der Waals surface area contributed by atoms with E-state index in [4.69, 9.17) is 27.9 Å². The highest BCUT2D eigenvalue weighted by Gasteiger charge is 2.37. The summed E-state index contributed by atoms with van der Waals surface area (Å²) in [7, 11) is 0. The van der Waals surface area contributed by atoms with Gasteiger partial charge in [0.15, 0.2) is 0 Å². The molecule has 1 aromatic carbocycles. The number of nitrogens with one attached hydrogen (secondary N) is 1. The van der Waals surface area contributed by atoms with E-state index in [0.717, 1.165) is 18.6 Å². The fraction of sp³-hybridized carbons (Fsp3) is 0.412. The molecule has 0 aliphatic heterocycles. The summed E-state index contributed by atoms with van der Waals surface area (Å²) in [4.78, 5) is 11.8. The minimum absolute atomic E-state index is 0.0855. The molecule has 2 atom stereocenters. The third-order valence-corrected chi connectivity index (χ3v) is 4.72. The van der Waals surface area contributed by atoms with Gasteiger partial charge in [0.05, 0.1) is 11.6 Å². The quantitative estimate of drug-likeness (QED) is 0.473. The lowest BCUT2D eigenvalue weighted by atomic mass is 9.74. The number of ether oxygens (including phenoxy) is 1. The fourth-order valence-corrected chi connectivity index (χ4v) is 3.32. The minimum atomic E-state index is -0.0855. The smallest absolute Gasteiger partial charge is 0.240 e. The lowest BCUT2D eigenvalue weighted by Crippen LogP contribution is -2.35. The summed E-state index contributed by atoms with van der Waals surface area (Å²) in [6.07, 6.45) is 7.43. The first-order valence-corrected chi connectivity index (χ1v) is 8.49. The second-order valence-corrected chi connectivity index (χ2v) is 6.65. The molecule has 0 saturated heterocycles. The molecule has 23 heavy (non-hydrogen) atoms. The maximum Gasteiger partial charge on any atom is 0.240 e. The molecule has 0 aromatic heterocycles. The molecule has 0 spiro atoms. The number of rotatable bonds is 6. The summed E-state index contributed by atoms with van der Waals surface area (Å²) < 4.78 is 5.54. The molecule has 1 aromatic rings. The summed E-state index contributed by atoms with van der Waals surface area (Å²) in [5.74, 6) is 1.65. The molecule has 2 aliphatic carbocycles. The molecule has 0 radical (unpaired) electrons. The number of allylic oxidation sites excluding steroid dienone is 2. The van der Waals surface area contributed by atoms with Gasteiger partial charge in [-0.25, -0.2) is 5.43 Å². The van der Waals surface area contributed by atoms with Gasteiger partial charge >= 0.3 is 0 Å². The lowest BCUT2D eigenvalue weighted by Gasteiger charge is -2.31. The minimum Gasteiger partial charge on any atom is -0.492 e. The summed E-state index contributed by atoms with van der Waals surface area (Å²) in [6.45, 7) is 0.417. The number of nitrogens with zero attached hydrogens (tertiary/aromatic N) is 1. The topological polar surface area (TPSA) is 50.7 Å². The van der Waals surface area contributed by atoms with Crippen molar-refractivity contribution in [3.05, 3.63) is 40.4 Å². The number of benzene rings is 1. The molecule has 2 aliphatic rings. The van der Waals surface area contributed by atoms with Crippen LogP contribution in [-0.4, -0.2) is 18.2 Å². The summed E-state index contributed by atoms with van der Waals surface area (Å²) in [5, 5.41) is 5.27. The number of fused-ring (bicyclic) bond motifs is 1. The maximum atomic E-state index is 11.8. The summed E-state index contributed by atoms with van der Waals surface area (Å²) in [5.41, 5.74) is 3.75. The molecule has 2 unspecified atom stereocenters. The fourth-order valence-electron chi connectivity index (χ4n) is 2.86. The number of halogens is 2. The maximum absolute atomic E-state index is 11.8. The predicted molar refractivity (Wildman–Crippen MR) is 92.1 cm³/mol. The average molecular weight is 353 g/mol. The molecule has 1 amide bonds. The van der Waals surface area contributed by atoms with Gasteiger partial charge in [0.1, 0.15) is 5.75 Å². The highest BCUT2D eigenvalue weighted by Crippen LogP contribution is 2.40. The number of hydrogen-bond donors (Lipinski definition) is 1. The van der Waals surface area contributed by atoms with Gasteiger partial charge in [-0.15, -0.1) is 0 Å². The summed E-state index contributed by atoms with van der Waals surface area (Å²) >= 11 is 11.8. The third kappa shape index (κ3) is 4.06. The van der Waals surface area contributed by atoms with E-state index in [1.165, 1.54) is 0 Å². The Morgan fingerprint density at radius 1 is 1.39 bits per heavy atom. The Labute approximate surface area is 145 Å². The number of carbonyl (C=O) groups is 1. The molecule has 1 N–H and O–H groups in total. The van der Waals surface area contributed by atoms with Gasteiger partial charge in [-0.3, -0.25) is 4.79 Å². The van der Waals surface area contributed by atoms with Crippen LogP contribution in [0.3, 0.4) is 0 Å². The molecule has 1 saturated carbocycles. The Morgan fingerprint density at radius 2 is 2.26 bits per heavy atom. The number of amides is 1. The molecule has 4 nitrogen and oxygen atoms in total. The zero-order valence-corrected chi connectivity index (χ0v) is 14.1. The second kappa shape index (κ2) is 7.37. The van der Waals surface area contributed by atoms with Gasteiger partial charge in [0.25, 0.3) is 0 Å². The lowest BCUT2D eigenvalue weighted by molar-refractivity contribution is -0.121. The van der Waals surface area contributed by atoms with Gasteiger partial charge in [-0.05, 0) is 43.4 Å². The van der Waals surface area contributed by atoms with E-state index in [1.54, 1.807) is 18.2 Å². The van der Waals surface area contributed by atoms with Crippen molar-refractivity contribution >= 4 is 34.8 Å². The highest BCUT2D eigenvalue weighted by atomic mass is 35.5. The summed E-state index contributed by atoms with van der Waals surface area (Å²) in [6, 6.07) is 5.07. The van der Waals surface area contributed by atoms with E-state index in [9.17, 15) is 4.79 Å². The van der Waals surface area contributed by atoms with Crippen molar-refractivity contribution in [2.45, 2.75) is 25.7 Å². The van der Waals surface area contributed by atoms with E-state index in [2.05, 4.69) is 22.7 Å². The Hall–Kier alpha value is -1.52. The first-order valence-electron chi connectivity index (χ1n) is 7.73. The van der Waals surface area contributed by atoms with Crippen molar-refractivity contribution < 1.29 is 9.53 Å². The van der Waals surface area contributed by atoms with E-state index in [0.29, 0.717) is 47.1 Å². The van der Waals surface area contributed by atoms with Crippen molar-refractivity contribution in [3.8, 4) is 5.75 Å². The van der Waals surface area contributed by atoms with Crippen LogP contribution in [0, 0.1) is 11.8 Å². The van der Waals surface area contributed by atoms with Crippen molar-refractivity contribution in [2.75, 3.05) is 6.61 Å². The van der Waals surface area contributed by atoms with E-state index < -0.39 is 0 Å². The van der Waals surface area contributed by atoms with Crippen molar-refractivity contribution in [1.29, 1.82) is 0 Å². The molecule has 122 valence electrons. The van der Waals surface area contributed by atoms with Crippen molar-refractivity contribution in [2.24, 2.45) is 16.9 Å². The Bertz CT molecular complexity index is 658. The van der Waals surface area contributed by atoms with Crippen LogP contribution < -0.4 is 10.2 Å².